The lowest BCUT2D eigenvalue weighted by molar-refractivity contribution is -0.119. The van der Waals surface area contributed by atoms with Gasteiger partial charge in [0.1, 0.15) is 11.1 Å². The lowest BCUT2D eigenvalue weighted by Gasteiger charge is -2.16. The van der Waals surface area contributed by atoms with Crippen LogP contribution in [0.1, 0.15) is 36.3 Å². The molecule has 154 valence electrons. The van der Waals surface area contributed by atoms with Gasteiger partial charge < -0.3 is 5.32 Å². The Morgan fingerprint density at radius 1 is 1.14 bits per heavy atom. The van der Waals surface area contributed by atoms with Crippen molar-refractivity contribution in [1.29, 1.82) is 0 Å². The molecule has 0 aliphatic heterocycles. The fraction of sp³-hybridized carbons (Fsp3) is 0.316. The SMILES string of the molecule is CCC(C(=O)Nc1nn(Cc2ccc(Cl)cc2Cl)cc1Cl)n1nc(C)c(Cl)c1C. The lowest BCUT2D eigenvalue weighted by atomic mass is 10.2. The molecule has 0 saturated carbocycles. The zero-order valence-electron chi connectivity index (χ0n) is 16.0. The molecule has 0 saturated heterocycles. The number of carbonyl (C=O) groups excluding carboxylic acids is 1. The van der Waals surface area contributed by atoms with Crippen LogP contribution in [0.5, 0.6) is 0 Å². The number of nitrogens with zero attached hydrogens (tertiary/aromatic N) is 4. The van der Waals surface area contributed by atoms with Gasteiger partial charge in [-0.15, -0.1) is 0 Å². The van der Waals surface area contributed by atoms with Crippen molar-refractivity contribution < 1.29 is 4.79 Å². The molecule has 1 atom stereocenters. The van der Waals surface area contributed by atoms with Crippen molar-refractivity contribution in [2.45, 2.75) is 39.8 Å². The number of rotatable bonds is 6. The van der Waals surface area contributed by atoms with Gasteiger partial charge in [-0.1, -0.05) is 59.4 Å². The lowest BCUT2D eigenvalue weighted by Crippen LogP contribution is -2.27. The fourth-order valence-corrected chi connectivity index (χ4v) is 3.79. The van der Waals surface area contributed by atoms with Gasteiger partial charge in [-0.3, -0.25) is 14.2 Å². The summed E-state index contributed by atoms with van der Waals surface area (Å²) in [5.41, 5.74) is 2.24. The minimum atomic E-state index is -0.534. The van der Waals surface area contributed by atoms with E-state index in [2.05, 4.69) is 15.5 Å². The maximum absolute atomic E-state index is 12.9. The standard InChI is InChI=1S/C19H19Cl4N5O/c1-4-16(28-11(3)17(23)10(2)25-28)19(29)24-18-15(22)9-27(26-18)8-12-5-6-13(20)7-14(12)21/h5-7,9,16H,4,8H2,1-3H3,(H,24,26,29). The van der Waals surface area contributed by atoms with Crippen molar-refractivity contribution in [3.05, 3.63) is 61.4 Å². The van der Waals surface area contributed by atoms with Crippen LogP contribution in [0.4, 0.5) is 5.82 Å². The summed E-state index contributed by atoms with van der Waals surface area (Å²) in [4.78, 5) is 12.9. The van der Waals surface area contributed by atoms with E-state index in [-0.39, 0.29) is 11.7 Å². The highest BCUT2D eigenvalue weighted by Crippen LogP contribution is 2.27. The minimum absolute atomic E-state index is 0.271. The van der Waals surface area contributed by atoms with Crippen LogP contribution >= 0.6 is 46.4 Å². The third-order valence-electron chi connectivity index (χ3n) is 4.53. The number of amides is 1. The molecular formula is C19H19Cl4N5O. The average molecular weight is 475 g/mol. The molecular weight excluding hydrogens is 456 g/mol. The van der Waals surface area contributed by atoms with Crippen molar-refractivity contribution in [2.75, 3.05) is 5.32 Å². The fourth-order valence-electron chi connectivity index (χ4n) is 3.00. The average Bonchev–Trinajstić information content (AvgIpc) is 3.12. The third kappa shape index (κ3) is 4.72. The molecule has 0 radical (unpaired) electrons. The van der Waals surface area contributed by atoms with Gasteiger partial charge >= 0.3 is 0 Å². The first-order chi connectivity index (χ1) is 13.7. The second-order valence-electron chi connectivity index (χ2n) is 6.60. The van der Waals surface area contributed by atoms with Crippen LogP contribution < -0.4 is 5.32 Å². The zero-order chi connectivity index (χ0) is 21.3. The van der Waals surface area contributed by atoms with Gasteiger partial charge in [-0.2, -0.15) is 10.2 Å². The molecule has 10 heteroatoms. The van der Waals surface area contributed by atoms with E-state index in [9.17, 15) is 4.79 Å². The smallest absolute Gasteiger partial charge is 0.250 e. The monoisotopic (exact) mass is 473 g/mol. The topological polar surface area (TPSA) is 64.7 Å². The first-order valence-electron chi connectivity index (χ1n) is 8.90. The van der Waals surface area contributed by atoms with Crippen molar-refractivity contribution in [1.82, 2.24) is 19.6 Å². The van der Waals surface area contributed by atoms with E-state index >= 15 is 0 Å². The number of anilines is 1. The highest BCUT2D eigenvalue weighted by molar-refractivity contribution is 6.35. The van der Waals surface area contributed by atoms with Gasteiger partial charge in [-0.25, -0.2) is 0 Å². The molecule has 3 aromatic rings. The van der Waals surface area contributed by atoms with Crippen molar-refractivity contribution >= 4 is 58.1 Å². The van der Waals surface area contributed by atoms with Gasteiger partial charge in [0.25, 0.3) is 0 Å². The van der Waals surface area contributed by atoms with Crippen LogP contribution in [0, 0.1) is 13.8 Å². The summed E-state index contributed by atoms with van der Waals surface area (Å²) in [5.74, 6) is -0.000673. The highest BCUT2D eigenvalue weighted by Gasteiger charge is 2.25. The molecule has 1 N–H and O–H groups in total. The largest absolute Gasteiger partial charge is 0.306 e. The third-order valence-corrected chi connectivity index (χ3v) is 5.94. The van der Waals surface area contributed by atoms with Crippen molar-refractivity contribution in [3.63, 3.8) is 0 Å². The molecule has 3 rings (SSSR count). The summed E-state index contributed by atoms with van der Waals surface area (Å²) >= 11 is 24.7. The molecule has 29 heavy (non-hydrogen) atoms. The molecule has 1 aromatic carbocycles. The summed E-state index contributed by atoms with van der Waals surface area (Å²) in [6.07, 6.45) is 2.16. The van der Waals surface area contributed by atoms with Gasteiger partial charge in [0.05, 0.1) is 23.0 Å². The molecule has 0 aliphatic rings. The predicted molar refractivity (Wildman–Crippen MR) is 117 cm³/mol. The first kappa shape index (κ1) is 22.0. The van der Waals surface area contributed by atoms with Gasteiger partial charge in [0, 0.05) is 16.2 Å². The maximum atomic E-state index is 12.9. The van der Waals surface area contributed by atoms with Gasteiger partial charge in [0.2, 0.25) is 5.91 Å². The molecule has 0 bridgehead atoms. The summed E-state index contributed by atoms with van der Waals surface area (Å²) < 4.78 is 3.24. The molecule has 0 aliphatic carbocycles. The Balaban J connectivity index is 1.79. The van der Waals surface area contributed by atoms with E-state index in [0.717, 1.165) is 11.3 Å². The number of carbonyl (C=O) groups is 1. The maximum Gasteiger partial charge on any atom is 0.250 e. The molecule has 2 heterocycles. The Morgan fingerprint density at radius 3 is 2.45 bits per heavy atom. The van der Waals surface area contributed by atoms with E-state index in [4.69, 9.17) is 46.4 Å². The van der Waals surface area contributed by atoms with Crippen LogP contribution in [0.3, 0.4) is 0 Å². The predicted octanol–water partition coefficient (Wildman–Crippen LogP) is 5.95. The first-order valence-corrected chi connectivity index (χ1v) is 10.4. The summed E-state index contributed by atoms with van der Waals surface area (Å²) in [5, 5.41) is 13.5. The summed E-state index contributed by atoms with van der Waals surface area (Å²) in [7, 11) is 0. The quantitative estimate of drug-likeness (QED) is 0.480. The van der Waals surface area contributed by atoms with Crippen molar-refractivity contribution in [2.24, 2.45) is 0 Å². The summed E-state index contributed by atoms with van der Waals surface area (Å²) in [6.45, 7) is 5.92. The van der Waals surface area contributed by atoms with E-state index in [0.29, 0.717) is 38.8 Å². The van der Waals surface area contributed by atoms with Crippen molar-refractivity contribution in [3.8, 4) is 0 Å². The number of aromatic nitrogens is 4. The highest BCUT2D eigenvalue weighted by atomic mass is 35.5. The number of benzene rings is 1. The van der Waals surface area contributed by atoms with Gasteiger partial charge in [0.15, 0.2) is 5.82 Å². The number of aryl methyl sites for hydroxylation is 1. The van der Waals surface area contributed by atoms with Crippen LogP contribution in [-0.2, 0) is 11.3 Å². The Bertz CT molecular complexity index is 1060. The van der Waals surface area contributed by atoms with E-state index < -0.39 is 6.04 Å². The van der Waals surface area contributed by atoms with Crippen LogP contribution in [0.2, 0.25) is 20.1 Å². The van der Waals surface area contributed by atoms with E-state index in [1.165, 1.54) is 0 Å². The van der Waals surface area contributed by atoms with Gasteiger partial charge in [-0.05, 0) is 38.0 Å². The molecule has 1 amide bonds. The minimum Gasteiger partial charge on any atom is -0.306 e. The Labute approximate surface area is 188 Å². The zero-order valence-corrected chi connectivity index (χ0v) is 19.0. The van der Waals surface area contributed by atoms with E-state index in [1.807, 2.05) is 19.9 Å². The second kappa shape index (κ2) is 8.96. The Kier molecular flexibility index (Phi) is 6.79. The molecule has 1 unspecified atom stereocenters. The van der Waals surface area contributed by atoms with Crippen LogP contribution in [0.25, 0.3) is 0 Å². The Hall–Kier alpha value is -1.73. The number of hydrogen-bond acceptors (Lipinski definition) is 3. The number of hydrogen-bond donors (Lipinski definition) is 1. The van der Waals surface area contributed by atoms with Crippen LogP contribution in [0.15, 0.2) is 24.4 Å². The molecule has 6 nitrogen and oxygen atoms in total. The van der Waals surface area contributed by atoms with E-state index in [1.54, 1.807) is 34.6 Å². The number of nitrogens with one attached hydrogen (secondary N) is 1. The second-order valence-corrected chi connectivity index (χ2v) is 8.23. The normalized spacial score (nSPS) is 12.2. The Morgan fingerprint density at radius 2 is 1.86 bits per heavy atom. The molecule has 0 spiro atoms. The van der Waals surface area contributed by atoms with Crippen LogP contribution in [-0.4, -0.2) is 25.5 Å². The molecule has 2 aromatic heterocycles. The number of halogens is 4. The summed E-state index contributed by atoms with van der Waals surface area (Å²) in [6, 6.07) is 4.70. The molecule has 0 fully saturated rings.